The third-order valence-electron chi connectivity index (χ3n) is 9.66. The van der Waals surface area contributed by atoms with Crippen molar-refractivity contribution in [2.75, 3.05) is 0 Å². The lowest BCUT2D eigenvalue weighted by atomic mass is 9.82. The zero-order valence-corrected chi connectivity index (χ0v) is 26.4. The first-order chi connectivity index (χ1) is 24.2. The average Bonchev–Trinajstić information content (AvgIpc) is 3.51. The van der Waals surface area contributed by atoms with Crippen LogP contribution in [0.4, 0.5) is 0 Å². The Morgan fingerprint density at radius 2 is 0.776 bits per heavy atom. The fraction of sp³-hybridized carbons (Fsp3) is 0. The van der Waals surface area contributed by atoms with Crippen molar-refractivity contribution >= 4 is 43.4 Å². The number of fused-ring (bicyclic) bond motifs is 5. The maximum absolute atomic E-state index is 10.7. The third-order valence-corrected chi connectivity index (χ3v) is 9.66. The molecule has 0 unspecified atom stereocenters. The van der Waals surface area contributed by atoms with Gasteiger partial charge in [-0.15, -0.1) is 0 Å². The van der Waals surface area contributed by atoms with E-state index in [4.69, 9.17) is 0 Å². The molecule has 3 nitrogen and oxygen atoms in total. The van der Waals surface area contributed by atoms with E-state index in [2.05, 4.69) is 150 Å². The molecular formula is C46H27N3. The molecule has 3 heteroatoms. The van der Waals surface area contributed by atoms with Crippen molar-refractivity contribution in [3.05, 3.63) is 175 Å². The summed E-state index contributed by atoms with van der Waals surface area (Å²) in [4.78, 5) is 0. The molecule has 0 amide bonds. The summed E-state index contributed by atoms with van der Waals surface area (Å²) in [5, 5.41) is 27.9. The Morgan fingerprint density at radius 1 is 0.347 bits per heavy atom. The van der Waals surface area contributed by atoms with Crippen LogP contribution in [0.5, 0.6) is 0 Å². The molecule has 49 heavy (non-hydrogen) atoms. The number of hydrogen-bond acceptors (Lipinski definition) is 2. The molecule has 0 saturated heterocycles. The van der Waals surface area contributed by atoms with Crippen LogP contribution < -0.4 is 0 Å². The standard InChI is InChI=1S/C46H27N3/c47-28-33-26-32(30-22-24-35(25-23-30)49-42-20-10-8-14-36(42)37-15-9-11-21-43(37)49)27-34(29-48)44(33)46-40-18-6-4-16-38(40)45(31-12-2-1-3-13-31)39-17-5-7-19-41(39)46/h1-27H. The zero-order chi connectivity index (χ0) is 32.9. The van der Waals surface area contributed by atoms with Gasteiger partial charge in [-0.1, -0.05) is 127 Å². The van der Waals surface area contributed by atoms with Gasteiger partial charge in [0.1, 0.15) is 0 Å². The molecule has 1 aromatic heterocycles. The molecule has 0 saturated carbocycles. The highest BCUT2D eigenvalue weighted by molar-refractivity contribution is 6.22. The smallest absolute Gasteiger partial charge is 0.0998 e. The Kier molecular flexibility index (Phi) is 6.58. The van der Waals surface area contributed by atoms with E-state index in [0.29, 0.717) is 16.7 Å². The SMILES string of the molecule is N#Cc1cc(-c2ccc(-n3c4ccccc4c4ccccc43)cc2)cc(C#N)c1-c1c2ccccc2c(-c2ccccc2)c2ccccc12. The van der Waals surface area contributed by atoms with E-state index in [1.54, 1.807) is 0 Å². The number of rotatable bonds is 4. The van der Waals surface area contributed by atoms with Crippen molar-refractivity contribution in [1.82, 2.24) is 4.57 Å². The second kappa shape index (κ2) is 11.4. The summed E-state index contributed by atoms with van der Waals surface area (Å²) in [7, 11) is 0. The molecule has 0 fully saturated rings. The Labute approximate surface area is 283 Å². The van der Waals surface area contributed by atoms with Crippen LogP contribution in [0.3, 0.4) is 0 Å². The van der Waals surface area contributed by atoms with Gasteiger partial charge < -0.3 is 4.57 Å². The van der Waals surface area contributed by atoms with E-state index >= 15 is 0 Å². The average molecular weight is 622 g/mol. The van der Waals surface area contributed by atoms with Crippen molar-refractivity contribution in [3.8, 4) is 51.2 Å². The van der Waals surface area contributed by atoms with Crippen LogP contribution in [-0.4, -0.2) is 4.57 Å². The number of para-hydroxylation sites is 2. The van der Waals surface area contributed by atoms with E-state index < -0.39 is 0 Å². The molecule has 0 aliphatic heterocycles. The maximum atomic E-state index is 10.7. The van der Waals surface area contributed by atoms with Crippen LogP contribution in [-0.2, 0) is 0 Å². The molecule has 0 radical (unpaired) electrons. The fourth-order valence-corrected chi connectivity index (χ4v) is 7.57. The van der Waals surface area contributed by atoms with Crippen molar-refractivity contribution < 1.29 is 0 Å². The van der Waals surface area contributed by atoms with Crippen molar-refractivity contribution in [3.63, 3.8) is 0 Å². The van der Waals surface area contributed by atoms with E-state index in [1.165, 1.54) is 10.8 Å². The van der Waals surface area contributed by atoms with E-state index in [0.717, 1.165) is 66.1 Å². The lowest BCUT2D eigenvalue weighted by Gasteiger charge is -2.19. The number of nitrogens with zero attached hydrogens (tertiary/aromatic N) is 3. The van der Waals surface area contributed by atoms with Gasteiger partial charge in [-0.2, -0.15) is 10.5 Å². The van der Waals surface area contributed by atoms with Gasteiger partial charge in [-0.05, 0) is 80.2 Å². The molecule has 0 spiro atoms. The Hall–Kier alpha value is -6.94. The molecule has 9 aromatic rings. The molecule has 0 N–H and O–H groups in total. The van der Waals surface area contributed by atoms with Gasteiger partial charge in [0.2, 0.25) is 0 Å². The summed E-state index contributed by atoms with van der Waals surface area (Å²) in [6.07, 6.45) is 0. The van der Waals surface area contributed by atoms with Gasteiger partial charge in [-0.3, -0.25) is 0 Å². The monoisotopic (exact) mass is 621 g/mol. The van der Waals surface area contributed by atoms with E-state index in [1.807, 2.05) is 30.3 Å². The molecule has 0 aliphatic rings. The van der Waals surface area contributed by atoms with Crippen molar-refractivity contribution in [1.29, 1.82) is 10.5 Å². The second-order valence-electron chi connectivity index (χ2n) is 12.3. The molecule has 0 atom stereocenters. The fourth-order valence-electron chi connectivity index (χ4n) is 7.57. The van der Waals surface area contributed by atoms with Crippen LogP contribution in [0.25, 0.3) is 82.4 Å². The van der Waals surface area contributed by atoms with Gasteiger partial charge in [-0.25, -0.2) is 0 Å². The Morgan fingerprint density at radius 3 is 1.27 bits per heavy atom. The normalized spacial score (nSPS) is 11.2. The van der Waals surface area contributed by atoms with Gasteiger partial charge in [0.25, 0.3) is 0 Å². The minimum absolute atomic E-state index is 0.475. The Bertz CT molecular complexity index is 2680. The third kappa shape index (κ3) is 4.42. The summed E-state index contributed by atoms with van der Waals surface area (Å²) < 4.78 is 2.29. The van der Waals surface area contributed by atoms with Crippen LogP contribution in [0.15, 0.2) is 164 Å². The highest BCUT2D eigenvalue weighted by Gasteiger charge is 2.22. The van der Waals surface area contributed by atoms with Crippen LogP contribution >= 0.6 is 0 Å². The predicted molar refractivity (Wildman–Crippen MR) is 202 cm³/mol. The van der Waals surface area contributed by atoms with Crippen LogP contribution in [0.1, 0.15) is 11.1 Å². The van der Waals surface area contributed by atoms with Gasteiger partial charge in [0, 0.05) is 27.6 Å². The van der Waals surface area contributed by atoms with Crippen LogP contribution in [0, 0.1) is 22.7 Å². The molecular weight excluding hydrogens is 595 g/mol. The molecule has 9 rings (SSSR count). The number of hydrogen-bond donors (Lipinski definition) is 0. The highest BCUT2D eigenvalue weighted by Crippen LogP contribution is 2.46. The number of aromatic nitrogens is 1. The predicted octanol–water partition coefficient (Wildman–Crippen LogP) is 11.8. The molecule has 0 bridgehead atoms. The summed E-state index contributed by atoms with van der Waals surface area (Å²) in [6, 6.07) is 61.2. The molecule has 1 heterocycles. The first-order valence-electron chi connectivity index (χ1n) is 16.3. The van der Waals surface area contributed by atoms with Gasteiger partial charge in [0.15, 0.2) is 0 Å². The van der Waals surface area contributed by atoms with E-state index in [9.17, 15) is 10.5 Å². The first-order valence-corrected chi connectivity index (χ1v) is 16.3. The lowest BCUT2D eigenvalue weighted by Crippen LogP contribution is -1.97. The number of benzene rings is 8. The highest BCUT2D eigenvalue weighted by atomic mass is 15.0. The summed E-state index contributed by atoms with van der Waals surface area (Å²) >= 11 is 0. The van der Waals surface area contributed by atoms with Gasteiger partial charge >= 0.3 is 0 Å². The van der Waals surface area contributed by atoms with Crippen molar-refractivity contribution in [2.45, 2.75) is 0 Å². The zero-order valence-electron chi connectivity index (χ0n) is 26.4. The topological polar surface area (TPSA) is 52.5 Å². The summed E-state index contributed by atoms with van der Waals surface area (Å²) in [6.45, 7) is 0. The largest absolute Gasteiger partial charge is 0.309 e. The number of nitriles is 2. The molecule has 0 aliphatic carbocycles. The quantitative estimate of drug-likeness (QED) is 0.184. The molecule has 226 valence electrons. The van der Waals surface area contributed by atoms with Gasteiger partial charge in [0.05, 0.1) is 34.3 Å². The Balaban J connectivity index is 1.23. The van der Waals surface area contributed by atoms with E-state index in [-0.39, 0.29) is 0 Å². The minimum atomic E-state index is 0.475. The lowest BCUT2D eigenvalue weighted by molar-refractivity contribution is 1.18. The minimum Gasteiger partial charge on any atom is -0.309 e. The summed E-state index contributed by atoms with van der Waals surface area (Å²) in [5.41, 5.74) is 9.93. The molecule has 8 aromatic carbocycles. The van der Waals surface area contributed by atoms with Crippen LogP contribution in [0.2, 0.25) is 0 Å². The summed E-state index contributed by atoms with van der Waals surface area (Å²) in [5.74, 6) is 0. The first kappa shape index (κ1) is 28.3. The van der Waals surface area contributed by atoms with Crippen molar-refractivity contribution in [2.24, 2.45) is 0 Å². The maximum Gasteiger partial charge on any atom is 0.0998 e. The second-order valence-corrected chi connectivity index (χ2v) is 12.3.